The van der Waals surface area contributed by atoms with E-state index in [4.69, 9.17) is 0 Å². The minimum Gasteiger partial charge on any atom is -0.317 e. The molecule has 0 radical (unpaired) electrons. The van der Waals surface area contributed by atoms with Crippen molar-refractivity contribution in [3.05, 3.63) is 42.1 Å². The number of aryl methyl sites for hydroxylation is 1. The van der Waals surface area contributed by atoms with Gasteiger partial charge in [-0.05, 0) is 25.0 Å². The lowest BCUT2D eigenvalue weighted by molar-refractivity contribution is 0.207. The summed E-state index contributed by atoms with van der Waals surface area (Å²) in [5.41, 5.74) is 1.03. The molecule has 110 valence electrons. The van der Waals surface area contributed by atoms with Gasteiger partial charge in [-0.2, -0.15) is 5.10 Å². The van der Waals surface area contributed by atoms with E-state index in [2.05, 4.69) is 15.4 Å². The SMILES string of the molecule is Cn1cc(C2CCCN2C(=O)Nc2ccc(F)cn2)cn1. The van der Waals surface area contributed by atoms with Gasteiger partial charge in [-0.1, -0.05) is 0 Å². The number of pyridine rings is 1. The lowest BCUT2D eigenvalue weighted by Crippen LogP contribution is -2.34. The number of aromatic nitrogens is 3. The van der Waals surface area contributed by atoms with Crippen LogP contribution in [0.2, 0.25) is 0 Å². The molecule has 1 saturated heterocycles. The van der Waals surface area contributed by atoms with E-state index in [0.29, 0.717) is 12.4 Å². The topological polar surface area (TPSA) is 63.1 Å². The molecule has 1 unspecified atom stereocenters. The summed E-state index contributed by atoms with van der Waals surface area (Å²) in [5.74, 6) is -0.0827. The molecule has 1 atom stereocenters. The maximum absolute atomic E-state index is 12.8. The van der Waals surface area contributed by atoms with Gasteiger partial charge in [0.25, 0.3) is 0 Å². The summed E-state index contributed by atoms with van der Waals surface area (Å²) in [4.78, 5) is 18.0. The predicted molar refractivity (Wildman–Crippen MR) is 75.1 cm³/mol. The van der Waals surface area contributed by atoms with Crippen molar-refractivity contribution in [1.82, 2.24) is 19.7 Å². The number of nitrogens with one attached hydrogen (secondary N) is 1. The predicted octanol–water partition coefficient (Wildman–Crippen LogP) is 2.32. The zero-order valence-corrected chi connectivity index (χ0v) is 11.7. The van der Waals surface area contributed by atoms with Crippen LogP contribution in [0.15, 0.2) is 30.7 Å². The zero-order valence-electron chi connectivity index (χ0n) is 11.7. The lowest BCUT2D eigenvalue weighted by Gasteiger charge is -2.23. The number of carbonyl (C=O) groups excluding carboxylic acids is 1. The summed E-state index contributed by atoms with van der Waals surface area (Å²) in [6.45, 7) is 0.687. The fourth-order valence-corrected chi connectivity index (χ4v) is 2.60. The number of hydrogen-bond acceptors (Lipinski definition) is 3. The molecule has 7 heteroatoms. The highest BCUT2D eigenvalue weighted by atomic mass is 19.1. The van der Waals surface area contributed by atoms with Crippen LogP contribution in [0.5, 0.6) is 0 Å². The molecule has 0 bridgehead atoms. The molecule has 1 N–H and O–H groups in total. The van der Waals surface area contributed by atoms with Crippen LogP contribution in [0.25, 0.3) is 0 Å². The van der Waals surface area contributed by atoms with Gasteiger partial charge < -0.3 is 4.90 Å². The highest BCUT2D eigenvalue weighted by molar-refractivity contribution is 5.88. The number of rotatable bonds is 2. The molecule has 1 fully saturated rings. The van der Waals surface area contributed by atoms with Crippen molar-refractivity contribution in [1.29, 1.82) is 0 Å². The molecule has 0 aliphatic carbocycles. The first-order chi connectivity index (χ1) is 10.1. The largest absolute Gasteiger partial charge is 0.323 e. The average molecular weight is 289 g/mol. The van der Waals surface area contributed by atoms with Gasteiger partial charge in [-0.25, -0.2) is 14.2 Å². The molecular weight excluding hydrogens is 273 g/mol. The van der Waals surface area contributed by atoms with E-state index in [1.54, 1.807) is 15.8 Å². The van der Waals surface area contributed by atoms with Crippen molar-refractivity contribution in [3.8, 4) is 0 Å². The van der Waals surface area contributed by atoms with Gasteiger partial charge >= 0.3 is 6.03 Å². The van der Waals surface area contributed by atoms with Crippen molar-refractivity contribution in [2.45, 2.75) is 18.9 Å². The number of carbonyl (C=O) groups is 1. The molecule has 2 aromatic rings. The maximum atomic E-state index is 12.8. The molecule has 0 spiro atoms. The molecule has 3 heterocycles. The van der Waals surface area contributed by atoms with E-state index in [0.717, 1.165) is 24.6 Å². The van der Waals surface area contributed by atoms with Crippen LogP contribution >= 0.6 is 0 Å². The summed E-state index contributed by atoms with van der Waals surface area (Å²) >= 11 is 0. The van der Waals surface area contributed by atoms with Crippen molar-refractivity contribution in [2.24, 2.45) is 7.05 Å². The first kappa shape index (κ1) is 13.5. The Labute approximate surface area is 121 Å². The first-order valence-electron chi connectivity index (χ1n) is 6.81. The Hall–Kier alpha value is -2.44. The molecule has 1 aliphatic rings. The minimum absolute atomic E-state index is 0.0270. The Bertz CT molecular complexity index is 639. The van der Waals surface area contributed by atoms with E-state index in [1.165, 1.54) is 12.1 Å². The summed E-state index contributed by atoms with van der Waals surface area (Å²) < 4.78 is 14.5. The van der Waals surface area contributed by atoms with Crippen LogP contribution in [0, 0.1) is 5.82 Å². The molecular formula is C14H16FN5O. The third-order valence-corrected chi connectivity index (χ3v) is 3.59. The Morgan fingerprint density at radius 1 is 1.43 bits per heavy atom. The van der Waals surface area contributed by atoms with Gasteiger partial charge in [-0.3, -0.25) is 10.00 Å². The summed E-state index contributed by atoms with van der Waals surface area (Å²) in [5, 5.41) is 6.85. The highest BCUT2D eigenvalue weighted by Crippen LogP contribution is 2.31. The third kappa shape index (κ3) is 2.86. The molecule has 0 saturated carbocycles. The number of urea groups is 1. The molecule has 2 amide bonds. The second kappa shape index (κ2) is 5.51. The number of halogens is 1. The summed E-state index contributed by atoms with van der Waals surface area (Å²) in [6.07, 6.45) is 6.65. The van der Waals surface area contributed by atoms with Crippen molar-refractivity contribution < 1.29 is 9.18 Å². The van der Waals surface area contributed by atoms with Crippen molar-refractivity contribution >= 4 is 11.8 Å². The van der Waals surface area contributed by atoms with E-state index < -0.39 is 5.82 Å². The van der Waals surface area contributed by atoms with Gasteiger partial charge in [0, 0.05) is 25.4 Å². The molecule has 2 aromatic heterocycles. The van der Waals surface area contributed by atoms with Crippen LogP contribution in [-0.2, 0) is 7.05 Å². The van der Waals surface area contributed by atoms with E-state index in [9.17, 15) is 9.18 Å². The lowest BCUT2D eigenvalue weighted by atomic mass is 10.1. The standard InChI is InChI=1S/C14H16FN5O/c1-19-9-10(7-17-19)12-3-2-6-20(12)14(21)18-13-5-4-11(15)8-16-13/h4-5,7-9,12H,2-3,6H2,1H3,(H,16,18,21). The zero-order chi connectivity index (χ0) is 14.8. The number of nitrogens with zero attached hydrogens (tertiary/aromatic N) is 4. The van der Waals surface area contributed by atoms with Gasteiger partial charge in [0.15, 0.2) is 0 Å². The van der Waals surface area contributed by atoms with Gasteiger partial charge in [-0.15, -0.1) is 0 Å². The normalized spacial score (nSPS) is 18.0. The Balaban J connectivity index is 1.72. The summed E-state index contributed by atoms with van der Waals surface area (Å²) in [6, 6.07) is 2.52. The minimum atomic E-state index is -0.428. The third-order valence-electron chi connectivity index (χ3n) is 3.59. The van der Waals surface area contributed by atoms with E-state index in [-0.39, 0.29) is 12.1 Å². The number of likely N-dealkylation sites (tertiary alicyclic amines) is 1. The Morgan fingerprint density at radius 3 is 2.95 bits per heavy atom. The number of anilines is 1. The fraction of sp³-hybridized carbons (Fsp3) is 0.357. The van der Waals surface area contributed by atoms with E-state index >= 15 is 0 Å². The highest BCUT2D eigenvalue weighted by Gasteiger charge is 2.30. The molecule has 0 aromatic carbocycles. The second-order valence-corrected chi connectivity index (χ2v) is 5.09. The maximum Gasteiger partial charge on any atom is 0.323 e. The fourth-order valence-electron chi connectivity index (χ4n) is 2.60. The van der Waals surface area contributed by atoms with Gasteiger partial charge in [0.05, 0.1) is 18.4 Å². The number of amides is 2. The molecule has 6 nitrogen and oxygen atoms in total. The van der Waals surface area contributed by atoms with Crippen LogP contribution in [0.3, 0.4) is 0 Å². The van der Waals surface area contributed by atoms with Crippen LogP contribution in [-0.4, -0.2) is 32.2 Å². The van der Waals surface area contributed by atoms with Crippen LogP contribution in [0.1, 0.15) is 24.4 Å². The van der Waals surface area contributed by atoms with Gasteiger partial charge in [0.1, 0.15) is 11.6 Å². The number of hydrogen-bond donors (Lipinski definition) is 1. The second-order valence-electron chi connectivity index (χ2n) is 5.09. The molecule has 21 heavy (non-hydrogen) atoms. The Kier molecular flexibility index (Phi) is 3.55. The van der Waals surface area contributed by atoms with Crippen LogP contribution < -0.4 is 5.32 Å². The average Bonchev–Trinajstić information content (AvgIpc) is 3.09. The monoisotopic (exact) mass is 289 g/mol. The molecule has 3 rings (SSSR count). The van der Waals surface area contributed by atoms with Crippen molar-refractivity contribution in [2.75, 3.05) is 11.9 Å². The molecule has 1 aliphatic heterocycles. The van der Waals surface area contributed by atoms with E-state index in [1.807, 2.05) is 13.2 Å². The summed E-state index contributed by atoms with van der Waals surface area (Å²) in [7, 11) is 1.85. The van der Waals surface area contributed by atoms with Crippen LogP contribution in [0.4, 0.5) is 15.0 Å². The van der Waals surface area contributed by atoms with Gasteiger partial charge in [0.2, 0.25) is 0 Å². The first-order valence-corrected chi connectivity index (χ1v) is 6.81. The smallest absolute Gasteiger partial charge is 0.317 e. The van der Waals surface area contributed by atoms with Crippen molar-refractivity contribution in [3.63, 3.8) is 0 Å². The quantitative estimate of drug-likeness (QED) is 0.923. The Morgan fingerprint density at radius 2 is 2.29 bits per heavy atom.